The summed E-state index contributed by atoms with van der Waals surface area (Å²) in [4.78, 5) is 18.4. The van der Waals surface area contributed by atoms with E-state index < -0.39 is 5.67 Å². The molecule has 1 saturated carbocycles. The van der Waals surface area contributed by atoms with Crippen molar-refractivity contribution in [3.63, 3.8) is 0 Å². The average molecular weight is 334 g/mol. The summed E-state index contributed by atoms with van der Waals surface area (Å²) in [6, 6.07) is 3.76. The van der Waals surface area contributed by atoms with Gasteiger partial charge in [-0.3, -0.25) is 9.78 Å². The number of amides is 1. The largest absolute Gasteiger partial charge is 0.373 e. The van der Waals surface area contributed by atoms with Gasteiger partial charge in [-0.25, -0.2) is 4.39 Å². The lowest BCUT2D eigenvalue weighted by Gasteiger charge is -2.39. The van der Waals surface area contributed by atoms with Crippen LogP contribution in [-0.4, -0.2) is 52.9 Å². The number of nitrogens with zero attached hydrogens (tertiary/aromatic N) is 2. The molecule has 3 fully saturated rings. The Morgan fingerprint density at radius 2 is 2.33 bits per heavy atom. The second-order valence-electron chi connectivity index (χ2n) is 7.03. The third kappa shape index (κ3) is 2.82. The molecule has 0 spiro atoms. The predicted octanol–water partition coefficient (Wildman–Crippen LogP) is 2.25. The number of alkyl halides is 1. The van der Waals surface area contributed by atoms with E-state index in [0.717, 1.165) is 24.8 Å². The maximum Gasteiger partial charge on any atom is 0.260 e. The molecule has 130 valence electrons. The van der Waals surface area contributed by atoms with E-state index in [1.165, 1.54) is 0 Å². The number of aromatic nitrogens is 1. The highest BCUT2D eigenvalue weighted by Crippen LogP contribution is 2.41. The fourth-order valence-electron chi connectivity index (χ4n) is 3.93. The first-order valence-corrected chi connectivity index (χ1v) is 8.79. The summed E-state index contributed by atoms with van der Waals surface area (Å²) in [6.07, 6.45) is 6.39. The highest BCUT2D eigenvalue weighted by molar-refractivity contribution is 5.86. The number of pyridine rings is 1. The minimum Gasteiger partial charge on any atom is -0.373 e. The molecule has 3 atom stereocenters. The SMILES string of the molecule is O=C(N1C[C@H](OCc2cccnc2)[C@H]2OCCC[C@H]21)C1(F)CCC1. The van der Waals surface area contributed by atoms with E-state index in [1.54, 1.807) is 17.3 Å². The van der Waals surface area contributed by atoms with Crippen LogP contribution in [0.5, 0.6) is 0 Å². The van der Waals surface area contributed by atoms with Crippen LogP contribution in [0.3, 0.4) is 0 Å². The molecule has 0 unspecified atom stereocenters. The zero-order chi connectivity index (χ0) is 16.6. The van der Waals surface area contributed by atoms with Gasteiger partial charge >= 0.3 is 0 Å². The van der Waals surface area contributed by atoms with Crippen molar-refractivity contribution < 1.29 is 18.7 Å². The van der Waals surface area contributed by atoms with Gasteiger partial charge in [0.25, 0.3) is 5.91 Å². The average Bonchev–Trinajstić information content (AvgIpc) is 2.97. The van der Waals surface area contributed by atoms with Crippen LogP contribution in [0.2, 0.25) is 0 Å². The van der Waals surface area contributed by atoms with Crippen molar-refractivity contribution in [1.82, 2.24) is 9.88 Å². The quantitative estimate of drug-likeness (QED) is 0.847. The monoisotopic (exact) mass is 334 g/mol. The van der Waals surface area contributed by atoms with Crippen LogP contribution in [-0.2, 0) is 20.9 Å². The van der Waals surface area contributed by atoms with Crippen LogP contribution < -0.4 is 0 Å². The molecule has 3 aliphatic rings. The lowest BCUT2D eigenvalue weighted by molar-refractivity contribution is -0.153. The van der Waals surface area contributed by atoms with Gasteiger partial charge in [-0.15, -0.1) is 0 Å². The molecule has 0 N–H and O–H groups in total. The Balaban J connectivity index is 1.46. The summed E-state index contributed by atoms with van der Waals surface area (Å²) in [7, 11) is 0. The second-order valence-corrected chi connectivity index (χ2v) is 7.03. The van der Waals surface area contributed by atoms with Crippen molar-refractivity contribution >= 4 is 5.91 Å². The number of rotatable bonds is 4. The number of hydrogen-bond acceptors (Lipinski definition) is 4. The van der Waals surface area contributed by atoms with Crippen LogP contribution in [0.4, 0.5) is 4.39 Å². The molecule has 0 bridgehead atoms. The van der Waals surface area contributed by atoms with Gasteiger partial charge in [-0.05, 0) is 43.7 Å². The molecule has 24 heavy (non-hydrogen) atoms. The van der Waals surface area contributed by atoms with Gasteiger partial charge in [0.1, 0.15) is 12.2 Å². The first-order chi connectivity index (χ1) is 11.7. The van der Waals surface area contributed by atoms with Crippen molar-refractivity contribution in [2.24, 2.45) is 0 Å². The summed E-state index contributed by atoms with van der Waals surface area (Å²) in [5.41, 5.74) is -0.671. The van der Waals surface area contributed by atoms with Crippen LogP contribution in [0.15, 0.2) is 24.5 Å². The Labute approximate surface area is 141 Å². The van der Waals surface area contributed by atoms with Crippen LogP contribution in [0.25, 0.3) is 0 Å². The molecule has 0 aromatic carbocycles. The molecular formula is C18H23FN2O3. The number of carbonyl (C=O) groups is 1. The van der Waals surface area contributed by atoms with E-state index in [9.17, 15) is 9.18 Å². The van der Waals surface area contributed by atoms with Crippen molar-refractivity contribution in [2.75, 3.05) is 13.2 Å². The number of likely N-dealkylation sites (tertiary alicyclic amines) is 1. The van der Waals surface area contributed by atoms with Crippen molar-refractivity contribution in [3.05, 3.63) is 30.1 Å². The van der Waals surface area contributed by atoms with Gasteiger partial charge in [0.2, 0.25) is 0 Å². The summed E-state index contributed by atoms with van der Waals surface area (Å²) < 4.78 is 26.5. The van der Waals surface area contributed by atoms with E-state index >= 15 is 0 Å². The summed E-state index contributed by atoms with van der Waals surface area (Å²) in [5, 5.41) is 0. The number of carbonyl (C=O) groups excluding carboxylic acids is 1. The molecule has 4 rings (SSSR count). The molecule has 6 heteroatoms. The Bertz CT molecular complexity index is 593. The maximum absolute atomic E-state index is 14.6. The third-order valence-electron chi connectivity index (χ3n) is 5.45. The highest BCUT2D eigenvalue weighted by atomic mass is 19.1. The van der Waals surface area contributed by atoms with Gasteiger partial charge in [-0.1, -0.05) is 6.07 Å². The van der Waals surface area contributed by atoms with Gasteiger partial charge < -0.3 is 14.4 Å². The number of halogens is 1. The third-order valence-corrected chi connectivity index (χ3v) is 5.45. The molecule has 2 saturated heterocycles. The van der Waals surface area contributed by atoms with Crippen molar-refractivity contribution in [1.29, 1.82) is 0 Å². The fraction of sp³-hybridized carbons (Fsp3) is 0.667. The van der Waals surface area contributed by atoms with E-state index in [1.807, 2.05) is 12.1 Å². The highest BCUT2D eigenvalue weighted by Gasteiger charge is 2.54. The van der Waals surface area contributed by atoms with E-state index in [4.69, 9.17) is 9.47 Å². The molecule has 1 aliphatic carbocycles. The molecule has 1 aromatic heterocycles. The zero-order valence-corrected chi connectivity index (χ0v) is 13.7. The summed E-state index contributed by atoms with van der Waals surface area (Å²) in [5.74, 6) is -0.360. The van der Waals surface area contributed by atoms with Crippen LogP contribution in [0, 0.1) is 0 Å². The Morgan fingerprint density at radius 1 is 1.46 bits per heavy atom. The van der Waals surface area contributed by atoms with Crippen molar-refractivity contribution in [3.8, 4) is 0 Å². The standard InChI is InChI=1S/C18H23FN2O3/c19-18(6-3-7-18)17(22)21-11-15(16-14(21)5-2-9-23-16)24-12-13-4-1-8-20-10-13/h1,4,8,10,14-16H,2-3,5-7,9,11-12H2/t14-,15+,16+/m1/s1. The fourth-order valence-corrected chi connectivity index (χ4v) is 3.93. The Kier molecular flexibility index (Phi) is 4.26. The topological polar surface area (TPSA) is 51.7 Å². The minimum absolute atomic E-state index is 0.0571. The lowest BCUT2D eigenvalue weighted by atomic mass is 9.80. The Morgan fingerprint density at radius 3 is 3.04 bits per heavy atom. The first-order valence-electron chi connectivity index (χ1n) is 8.79. The molecule has 0 radical (unpaired) electrons. The number of hydrogen-bond donors (Lipinski definition) is 0. The summed E-state index contributed by atoms with van der Waals surface area (Å²) in [6.45, 7) is 1.52. The first kappa shape index (κ1) is 16.0. The van der Waals surface area contributed by atoms with Crippen LogP contribution >= 0.6 is 0 Å². The normalized spacial score (nSPS) is 31.4. The molecule has 1 amide bonds. The lowest BCUT2D eigenvalue weighted by Crippen LogP contribution is -2.53. The second kappa shape index (κ2) is 6.41. The van der Waals surface area contributed by atoms with E-state index in [-0.39, 0.29) is 24.2 Å². The van der Waals surface area contributed by atoms with Gasteiger partial charge in [-0.2, -0.15) is 0 Å². The van der Waals surface area contributed by atoms with Gasteiger partial charge in [0.05, 0.1) is 19.2 Å². The zero-order valence-electron chi connectivity index (χ0n) is 13.7. The van der Waals surface area contributed by atoms with Gasteiger partial charge in [0, 0.05) is 19.0 Å². The molecule has 3 heterocycles. The van der Waals surface area contributed by atoms with Crippen LogP contribution in [0.1, 0.15) is 37.7 Å². The predicted molar refractivity (Wildman–Crippen MR) is 85.0 cm³/mol. The van der Waals surface area contributed by atoms with Crippen molar-refractivity contribution in [2.45, 2.75) is 62.6 Å². The maximum atomic E-state index is 14.6. The minimum atomic E-state index is -1.65. The Hall–Kier alpha value is -1.53. The number of fused-ring (bicyclic) bond motifs is 1. The molecule has 1 aromatic rings. The van der Waals surface area contributed by atoms with E-state index in [2.05, 4.69) is 4.98 Å². The molecule has 2 aliphatic heterocycles. The summed E-state index contributed by atoms with van der Waals surface area (Å²) >= 11 is 0. The van der Waals surface area contributed by atoms with Gasteiger partial charge in [0.15, 0.2) is 5.67 Å². The smallest absolute Gasteiger partial charge is 0.260 e. The molecular weight excluding hydrogens is 311 g/mol. The molecule has 5 nitrogen and oxygen atoms in total. The number of ether oxygens (including phenoxy) is 2. The van der Waals surface area contributed by atoms with E-state index in [0.29, 0.717) is 32.6 Å².